The highest BCUT2D eigenvalue weighted by Gasteiger charge is 2.25. The van der Waals surface area contributed by atoms with Gasteiger partial charge in [-0.3, -0.25) is 9.59 Å². The third kappa shape index (κ3) is 7.58. The van der Waals surface area contributed by atoms with Crippen molar-refractivity contribution in [3.8, 4) is 11.5 Å². The molecule has 1 unspecified atom stereocenters. The van der Waals surface area contributed by atoms with Crippen LogP contribution in [0.2, 0.25) is 0 Å². The molecular formula is C24H28FN3O6. The molecule has 0 spiro atoms. The van der Waals surface area contributed by atoms with E-state index in [1.54, 1.807) is 39.0 Å². The van der Waals surface area contributed by atoms with Crippen LogP contribution in [0.5, 0.6) is 11.5 Å². The molecule has 182 valence electrons. The van der Waals surface area contributed by atoms with Crippen molar-refractivity contribution in [2.45, 2.75) is 26.8 Å². The number of nitrogens with zero attached hydrogens (tertiary/aromatic N) is 1. The number of amides is 2. The van der Waals surface area contributed by atoms with Crippen LogP contribution in [0.3, 0.4) is 0 Å². The molecule has 0 bridgehead atoms. The van der Waals surface area contributed by atoms with Crippen molar-refractivity contribution in [2.75, 3.05) is 20.3 Å². The SMILES string of the molecule is CCOc1cc(/C=N/NC(=O)C(NC(=O)c2ccccc2F)C(C)C)ccc1OCC(=O)OC. The van der Waals surface area contributed by atoms with Gasteiger partial charge in [-0.25, -0.2) is 14.6 Å². The molecule has 0 aliphatic carbocycles. The van der Waals surface area contributed by atoms with Crippen molar-refractivity contribution in [1.29, 1.82) is 0 Å². The fraction of sp³-hybridized carbons (Fsp3) is 0.333. The van der Waals surface area contributed by atoms with E-state index in [2.05, 4.69) is 20.6 Å². The van der Waals surface area contributed by atoms with Gasteiger partial charge in [0.15, 0.2) is 18.1 Å². The normalized spacial score (nSPS) is 11.7. The fourth-order valence-corrected chi connectivity index (χ4v) is 2.83. The molecule has 0 saturated heterocycles. The number of hydrogen-bond donors (Lipinski definition) is 2. The van der Waals surface area contributed by atoms with Gasteiger partial charge < -0.3 is 19.5 Å². The largest absolute Gasteiger partial charge is 0.490 e. The Bertz CT molecular complexity index is 1040. The number of halogens is 1. The summed E-state index contributed by atoms with van der Waals surface area (Å²) >= 11 is 0. The second-order valence-corrected chi connectivity index (χ2v) is 7.41. The number of carbonyl (C=O) groups excluding carboxylic acids is 3. The summed E-state index contributed by atoms with van der Waals surface area (Å²) in [7, 11) is 1.26. The van der Waals surface area contributed by atoms with Crippen LogP contribution in [0.25, 0.3) is 0 Å². The molecule has 9 nitrogen and oxygen atoms in total. The van der Waals surface area contributed by atoms with Crippen molar-refractivity contribution in [1.82, 2.24) is 10.7 Å². The highest BCUT2D eigenvalue weighted by atomic mass is 19.1. The molecule has 2 amide bonds. The number of esters is 1. The molecule has 0 fully saturated rings. The highest BCUT2D eigenvalue weighted by Crippen LogP contribution is 2.28. The van der Waals surface area contributed by atoms with Gasteiger partial charge in [-0.15, -0.1) is 0 Å². The Balaban J connectivity index is 2.06. The molecular weight excluding hydrogens is 445 g/mol. The molecule has 0 aromatic heterocycles. The smallest absolute Gasteiger partial charge is 0.343 e. The van der Waals surface area contributed by atoms with Gasteiger partial charge in [-0.05, 0) is 48.7 Å². The van der Waals surface area contributed by atoms with Crippen molar-refractivity contribution < 1.29 is 33.0 Å². The molecule has 0 aliphatic heterocycles. The maximum absolute atomic E-state index is 13.9. The minimum atomic E-state index is -0.933. The maximum Gasteiger partial charge on any atom is 0.343 e. The van der Waals surface area contributed by atoms with Crippen molar-refractivity contribution in [2.24, 2.45) is 11.0 Å². The van der Waals surface area contributed by atoms with E-state index in [-0.39, 0.29) is 18.1 Å². The average molecular weight is 474 g/mol. The lowest BCUT2D eigenvalue weighted by molar-refractivity contribution is -0.142. The van der Waals surface area contributed by atoms with Crippen LogP contribution in [0.4, 0.5) is 4.39 Å². The summed E-state index contributed by atoms with van der Waals surface area (Å²) in [5, 5.41) is 6.48. The van der Waals surface area contributed by atoms with E-state index >= 15 is 0 Å². The minimum absolute atomic E-state index is 0.151. The first-order valence-electron chi connectivity index (χ1n) is 10.6. The Morgan fingerprint density at radius 3 is 2.47 bits per heavy atom. The summed E-state index contributed by atoms with van der Waals surface area (Å²) in [6.07, 6.45) is 1.39. The summed E-state index contributed by atoms with van der Waals surface area (Å²) in [5.74, 6) is -1.99. The Hall–Kier alpha value is -3.95. The average Bonchev–Trinajstić information content (AvgIpc) is 2.81. The van der Waals surface area contributed by atoms with E-state index in [1.807, 2.05) is 0 Å². The number of ether oxygens (including phenoxy) is 3. The van der Waals surface area contributed by atoms with Crippen LogP contribution >= 0.6 is 0 Å². The molecule has 0 radical (unpaired) electrons. The predicted octanol–water partition coefficient (Wildman–Crippen LogP) is 2.68. The summed E-state index contributed by atoms with van der Waals surface area (Å²) in [6.45, 7) is 5.39. The predicted molar refractivity (Wildman–Crippen MR) is 123 cm³/mol. The topological polar surface area (TPSA) is 115 Å². The Kier molecular flexibility index (Phi) is 10.0. The first kappa shape index (κ1) is 26.3. The molecule has 2 N–H and O–H groups in total. The van der Waals surface area contributed by atoms with E-state index in [4.69, 9.17) is 9.47 Å². The van der Waals surface area contributed by atoms with Gasteiger partial charge in [0.2, 0.25) is 0 Å². The summed E-state index contributed by atoms with van der Waals surface area (Å²) < 4.78 is 29.4. The van der Waals surface area contributed by atoms with Crippen LogP contribution in [0.15, 0.2) is 47.6 Å². The van der Waals surface area contributed by atoms with E-state index in [0.29, 0.717) is 23.7 Å². The zero-order valence-corrected chi connectivity index (χ0v) is 19.5. The standard InChI is InChI=1S/C24H28FN3O6/c1-5-33-20-12-16(10-11-19(20)34-14-21(29)32-4)13-26-28-24(31)22(15(2)3)27-23(30)17-8-6-7-9-18(17)25/h6-13,15,22H,5,14H2,1-4H3,(H,27,30)(H,28,31)/b26-13+. The van der Waals surface area contributed by atoms with Gasteiger partial charge in [0.05, 0.1) is 25.5 Å². The third-order valence-electron chi connectivity index (χ3n) is 4.58. The molecule has 0 aliphatic rings. The monoisotopic (exact) mass is 473 g/mol. The lowest BCUT2D eigenvalue weighted by atomic mass is 10.0. The molecule has 2 aromatic rings. The number of carbonyl (C=O) groups is 3. The van der Waals surface area contributed by atoms with Crippen molar-refractivity contribution in [3.63, 3.8) is 0 Å². The zero-order valence-electron chi connectivity index (χ0n) is 19.5. The number of methoxy groups -OCH3 is 1. The quantitative estimate of drug-likeness (QED) is 0.295. The van der Waals surface area contributed by atoms with Gasteiger partial charge in [-0.2, -0.15) is 5.10 Å². The summed E-state index contributed by atoms with van der Waals surface area (Å²) in [4.78, 5) is 36.3. The van der Waals surface area contributed by atoms with Crippen LogP contribution in [0.1, 0.15) is 36.7 Å². The van der Waals surface area contributed by atoms with Gasteiger partial charge in [0, 0.05) is 0 Å². The molecule has 0 heterocycles. The second kappa shape index (κ2) is 12.9. The molecule has 2 aromatic carbocycles. The fourth-order valence-electron chi connectivity index (χ4n) is 2.83. The minimum Gasteiger partial charge on any atom is -0.490 e. The Morgan fingerprint density at radius 2 is 1.82 bits per heavy atom. The van der Waals surface area contributed by atoms with Crippen molar-refractivity contribution >= 4 is 24.0 Å². The first-order valence-corrected chi connectivity index (χ1v) is 10.6. The van der Waals surface area contributed by atoms with E-state index < -0.39 is 29.6 Å². The zero-order chi connectivity index (χ0) is 25.1. The number of benzene rings is 2. The van der Waals surface area contributed by atoms with Gasteiger partial charge >= 0.3 is 5.97 Å². The van der Waals surface area contributed by atoms with Crippen LogP contribution < -0.4 is 20.2 Å². The van der Waals surface area contributed by atoms with Crippen LogP contribution in [-0.2, 0) is 14.3 Å². The number of rotatable bonds is 11. The molecule has 0 saturated carbocycles. The molecule has 2 rings (SSSR count). The highest BCUT2D eigenvalue weighted by molar-refractivity contribution is 5.98. The van der Waals surface area contributed by atoms with Crippen molar-refractivity contribution in [3.05, 3.63) is 59.4 Å². The van der Waals surface area contributed by atoms with E-state index in [9.17, 15) is 18.8 Å². The van der Waals surface area contributed by atoms with E-state index in [1.165, 1.54) is 37.6 Å². The maximum atomic E-state index is 13.9. The second-order valence-electron chi connectivity index (χ2n) is 7.41. The molecule has 10 heteroatoms. The summed E-state index contributed by atoms with van der Waals surface area (Å²) in [5.41, 5.74) is 2.82. The number of hydrazone groups is 1. The van der Waals surface area contributed by atoms with Gasteiger partial charge in [0.1, 0.15) is 11.9 Å². The number of hydrogen-bond acceptors (Lipinski definition) is 7. The Labute approximate surface area is 197 Å². The lowest BCUT2D eigenvalue weighted by Crippen LogP contribution is -2.48. The lowest BCUT2D eigenvalue weighted by Gasteiger charge is -2.20. The Morgan fingerprint density at radius 1 is 1.09 bits per heavy atom. The molecule has 34 heavy (non-hydrogen) atoms. The molecule has 1 atom stereocenters. The number of nitrogens with one attached hydrogen (secondary N) is 2. The first-order chi connectivity index (χ1) is 16.3. The summed E-state index contributed by atoms with van der Waals surface area (Å²) in [6, 6.07) is 9.48. The third-order valence-corrected chi connectivity index (χ3v) is 4.58. The van der Waals surface area contributed by atoms with Gasteiger partial charge in [-0.1, -0.05) is 26.0 Å². The van der Waals surface area contributed by atoms with Gasteiger partial charge in [0.25, 0.3) is 11.8 Å². The van der Waals surface area contributed by atoms with Crippen LogP contribution in [-0.4, -0.2) is 50.4 Å². The van der Waals surface area contributed by atoms with Crippen LogP contribution in [0, 0.1) is 11.7 Å². The van der Waals surface area contributed by atoms with E-state index in [0.717, 1.165) is 0 Å².